The van der Waals surface area contributed by atoms with Crippen molar-refractivity contribution in [3.05, 3.63) is 76.1 Å². The van der Waals surface area contributed by atoms with Gasteiger partial charge in [0.15, 0.2) is 11.6 Å². The van der Waals surface area contributed by atoms with E-state index in [2.05, 4.69) is 36.1 Å². The number of rotatable bonds is 4. The predicted molar refractivity (Wildman–Crippen MR) is 128 cm³/mol. The van der Waals surface area contributed by atoms with Gasteiger partial charge in [0, 0.05) is 52.6 Å². The smallest absolute Gasteiger partial charge is 0.161 e. The van der Waals surface area contributed by atoms with Crippen LogP contribution in [0.4, 0.5) is 5.69 Å². The second-order valence-electron chi connectivity index (χ2n) is 8.99. The zero-order valence-electron chi connectivity index (χ0n) is 19.4. The second-order valence-corrected chi connectivity index (χ2v) is 8.99. The zero-order chi connectivity index (χ0) is 23.1. The minimum atomic E-state index is -0.428. The van der Waals surface area contributed by atoms with Crippen LogP contribution in [0, 0.1) is 6.92 Å². The Morgan fingerprint density at radius 2 is 1.39 bits per heavy atom. The summed E-state index contributed by atoms with van der Waals surface area (Å²) in [6.45, 7) is 2.06. The van der Waals surface area contributed by atoms with Gasteiger partial charge in [0.2, 0.25) is 0 Å². The third-order valence-corrected chi connectivity index (χ3v) is 7.01. The van der Waals surface area contributed by atoms with Crippen molar-refractivity contribution in [2.24, 2.45) is 0 Å². The number of anilines is 1. The molecule has 0 N–H and O–H groups in total. The highest BCUT2D eigenvalue weighted by Gasteiger charge is 2.44. The number of nitrogens with zero attached hydrogens (tertiary/aromatic N) is 1. The molecule has 5 nitrogen and oxygen atoms in total. The Morgan fingerprint density at radius 3 is 1.94 bits per heavy atom. The fourth-order valence-corrected chi connectivity index (χ4v) is 5.50. The maximum absolute atomic E-state index is 13.5. The lowest BCUT2D eigenvalue weighted by molar-refractivity contribution is -0.116. The number of allylic oxidation sites excluding steroid dienone is 4. The summed E-state index contributed by atoms with van der Waals surface area (Å²) in [5.74, 6) is 1.16. The Bertz CT molecular complexity index is 1140. The molecule has 2 aromatic rings. The standard InChI is InChI=1S/C28H29NO4/c1-17-10-12-18(13-11-17)29-21-6-4-8-23(30)27(21)26(28-22(29)7-5-9-24(28)31)20-16-19(32-2)14-15-25(20)33-3/h10-16,26H,4-9H2,1-3H3. The van der Waals surface area contributed by atoms with E-state index in [9.17, 15) is 9.59 Å². The molecule has 0 radical (unpaired) electrons. The fourth-order valence-electron chi connectivity index (χ4n) is 5.50. The van der Waals surface area contributed by atoms with E-state index in [-0.39, 0.29) is 11.6 Å². The van der Waals surface area contributed by atoms with Crippen LogP contribution in [0.3, 0.4) is 0 Å². The van der Waals surface area contributed by atoms with Crippen LogP contribution in [0.1, 0.15) is 55.6 Å². The lowest BCUT2D eigenvalue weighted by Crippen LogP contribution is -2.39. The van der Waals surface area contributed by atoms with Gasteiger partial charge in [-0.1, -0.05) is 17.7 Å². The van der Waals surface area contributed by atoms with Crippen LogP contribution in [-0.4, -0.2) is 25.8 Å². The van der Waals surface area contributed by atoms with Crippen molar-refractivity contribution in [1.82, 2.24) is 0 Å². The molecule has 0 bridgehead atoms. The number of methoxy groups -OCH3 is 2. The van der Waals surface area contributed by atoms with Crippen molar-refractivity contribution >= 4 is 17.3 Å². The molecule has 2 aromatic carbocycles. The number of carbonyl (C=O) groups excluding carboxylic acids is 2. The van der Waals surface area contributed by atoms with Crippen LogP contribution >= 0.6 is 0 Å². The first kappa shape index (κ1) is 21.5. The SMILES string of the molecule is COc1ccc(OC)c(C2C3=C(CCCC3=O)N(c3ccc(C)cc3)C3=C2C(=O)CCC3)c1. The van der Waals surface area contributed by atoms with E-state index in [0.717, 1.165) is 59.5 Å². The number of aryl methyl sites for hydroxylation is 1. The van der Waals surface area contributed by atoms with Crippen LogP contribution in [0.2, 0.25) is 0 Å². The van der Waals surface area contributed by atoms with E-state index in [4.69, 9.17) is 9.47 Å². The summed E-state index contributed by atoms with van der Waals surface area (Å²) in [6, 6.07) is 14.0. The minimum absolute atomic E-state index is 0.119. The molecular formula is C28H29NO4. The van der Waals surface area contributed by atoms with Gasteiger partial charge in [-0.3, -0.25) is 9.59 Å². The number of Topliss-reactive ketones (excluding diaryl/α,β-unsaturated/α-hetero) is 2. The van der Waals surface area contributed by atoms with Crippen molar-refractivity contribution in [2.75, 3.05) is 19.1 Å². The Balaban J connectivity index is 1.81. The molecule has 0 amide bonds. The molecule has 2 aliphatic carbocycles. The highest BCUT2D eigenvalue weighted by atomic mass is 16.5. The van der Waals surface area contributed by atoms with Crippen LogP contribution in [0.15, 0.2) is 65.0 Å². The van der Waals surface area contributed by atoms with Crippen LogP contribution in [-0.2, 0) is 9.59 Å². The average Bonchev–Trinajstić information content (AvgIpc) is 2.83. The molecule has 1 aliphatic heterocycles. The number of ketones is 2. The number of ether oxygens (including phenoxy) is 2. The number of hydrogen-bond acceptors (Lipinski definition) is 5. The van der Waals surface area contributed by atoms with Crippen molar-refractivity contribution in [2.45, 2.75) is 51.4 Å². The van der Waals surface area contributed by atoms with E-state index in [1.54, 1.807) is 14.2 Å². The molecule has 0 aromatic heterocycles. The minimum Gasteiger partial charge on any atom is -0.497 e. The summed E-state index contributed by atoms with van der Waals surface area (Å²) in [4.78, 5) is 29.2. The monoisotopic (exact) mass is 443 g/mol. The third kappa shape index (κ3) is 3.56. The van der Waals surface area contributed by atoms with Gasteiger partial charge in [-0.15, -0.1) is 0 Å². The van der Waals surface area contributed by atoms with E-state index in [1.807, 2.05) is 18.2 Å². The van der Waals surface area contributed by atoms with Crippen molar-refractivity contribution in [3.63, 3.8) is 0 Å². The van der Waals surface area contributed by atoms with Gasteiger partial charge >= 0.3 is 0 Å². The van der Waals surface area contributed by atoms with Gasteiger partial charge in [-0.05, 0) is 62.9 Å². The molecule has 0 saturated heterocycles. The quantitative estimate of drug-likeness (QED) is 0.613. The van der Waals surface area contributed by atoms with Crippen molar-refractivity contribution < 1.29 is 19.1 Å². The number of benzene rings is 2. The Hall–Kier alpha value is -3.34. The summed E-state index contributed by atoms with van der Waals surface area (Å²) in [7, 11) is 3.25. The van der Waals surface area contributed by atoms with Crippen LogP contribution < -0.4 is 14.4 Å². The number of hydrogen-bond donors (Lipinski definition) is 0. The molecule has 0 fully saturated rings. The topological polar surface area (TPSA) is 55.8 Å². The van der Waals surface area contributed by atoms with Gasteiger partial charge < -0.3 is 14.4 Å². The summed E-state index contributed by atoms with van der Waals surface area (Å²) < 4.78 is 11.2. The molecule has 1 heterocycles. The molecule has 0 atom stereocenters. The largest absolute Gasteiger partial charge is 0.497 e. The number of carbonyl (C=O) groups is 2. The fraction of sp³-hybridized carbons (Fsp3) is 0.357. The van der Waals surface area contributed by atoms with Crippen LogP contribution in [0.5, 0.6) is 11.5 Å². The van der Waals surface area contributed by atoms with Gasteiger partial charge in [0.05, 0.1) is 14.2 Å². The first-order valence-corrected chi connectivity index (χ1v) is 11.6. The van der Waals surface area contributed by atoms with Crippen LogP contribution in [0.25, 0.3) is 0 Å². The van der Waals surface area contributed by atoms with E-state index in [0.29, 0.717) is 24.3 Å². The van der Waals surface area contributed by atoms with E-state index < -0.39 is 5.92 Å². The molecule has 0 unspecified atom stereocenters. The van der Waals surface area contributed by atoms with Crippen molar-refractivity contribution in [3.8, 4) is 11.5 Å². The van der Waals surface area contributed by atoms with Gasteiger partial charge in [0.1, 0.15) is 11.5 Å². The molecular weight excluding hydrogens is 414 g/mol. The Morgan fingerprint density at radius 1 is 0.788 bits per heavy atom. The third-order valence-electron chi connectivity index (χ3n) is 7.01. The maximum atomic E-state index is 13.5. The van der Waals surface area contributed by atoms with Crippen molar-refractivity contribution in [1.29, 1.82) is 0 Å². The molecule has 5 rings (SSSR count). The molecule has 33 heavy (non-hydrogen) atoms. The van der Waals surface area contributed by atoms with E-state index >= 15 is 0 Å². The molecule has 3 aliphatic rings. The summed E-state index contributed by atoms with van der Waals surface area (Å²) >= 11 is 0. The molecule has 0 spiro atoms. The normalized spacial score (nSPS) is 18.9. The second kappa shape index (κ2) is 8.54. The zero-order valence-corrected chi connectivity index (χ0v) is 19.4. The van der Waals surface area contributed by atoms with E-state index in [1.165, 1.54) is 5.56 Å². The Labute approximate surface area is 194 Å². The summed E-state index contributed by atoms with van der Waals surface area (Å²) in [6.07, 6.45) is 4.25. The Kier molecular flexibility index (Phi) is 5.57. The first-order valence-electron chi connectivity index (χ1n) is 11.6. The lowest BCUT2D eigenvalue weighted by Gasteiger charge is -2.44. The highest BCUT2D eigenvalue weighted by Crippen LogP contribution is 2.52. The first-order chi connectivity index (χ1) is 16.0. The molecule has 170 valence electrons. The molecule has 5 heteroatoms. The van der Waals surface area contributed by atoms with Gasteiger partial charge in [-0.2, -0.15) is 0 Å². The highest BCUT2D eigenvalue weighted by molar-refractivity contribution is 6.08. The van der Waals surface area contributed by atoms with Gasteiger partial charge in [-0.25, -0.2) is 0 Å². The molecule has 0 saturated carbocycles. The lowest BCUT2D eigenvalue weighted by atomic mass is 9.70. The average molecular weight is 444 g/mol. The predicted octanol–water partition coefficient (Wildman–Crippen LogP) is 5.63. The van der Waals surface area contributed by atoms with Gasteiger partial charge in [0.25, 0.3) is 0 Å². The maximum Gasteiger partial charge on any atom is 0.161 e. The summed E-state index contributed by atoms with van der Waals surface area (Å²) in [5, 5.41) is 0. The summed E-state index contributed by atoms with van der Waals surface area (Å²) in [5.41, 5.74) is 6.55.